The molecule has 5 N–H and O–H groups in total. The van der Waals surface area contributed by atoms with E-state index in [1.807, 2.05) is 18.3 Å². The molecule has 4 rings (SSSR count). The summed E-state index contributed by atoms with van der Waals surface area (Å²) in [6.07, 6.45) is 4.03. The monoisotopic (exact) mass is 424 g/mol. The number of rotatable bonds is 8. The van der Waals surface area contributed by atoms with Crippen LogP contribution in [0.25, 0.3) is 22.0 Å². The number of piperidine rings is 1. The molecule has 1 aromatic heterocycles. The van der Waals surface area contributed by atoms with Crippen LogP contribution in [-0.4, -0.2) is 44.2 Å². The van der Waals surface area contributed by atoms with Crippen molar-refractivity contribution >= 4 is 16.8 Å². The van der Waals surface area contributed by atoms with Gasteiger partial charge in [-0.2, -0.15) is 0 Å². The first-order chi connectivity index (χ1) is 15.1. The maximum absolute atomic E-state index is 14.8. The second-order valence-corrected chi connectivity index (χ2v) is 8.06. The van der Waals surface area contributed by atoms with E-state index in [1.54, 1.807) is 19.2 Å². The highest BCUT2D eigenvalue weighted by Gasteiger charge is 2.22. The number of carbonyl (C=O) groups excluding carboxylic acids is 1. The Hall–Kier alpha value is -2.74. The number of hydrogen-bond donors (Lipinski definition) is 4. The van der Waals surface area contributed by atoms with Crippen LogP contribution in [0.5, 0.6) is 0 Å². The fourth-order valence-corrected chi connectivity index (χ4v) is 4.38. The Kier molecular flexibility index (Phi) is 6.65. The maximum atomic E-state index is 14.8. The standard InChI is InChI=1S/C24H29FN4O2/c1-31-9-8-28-13-15-2-3-22(25)18(10-15)17-11-19-21(16-4-6-27-7-5-16)14-29-23(19)20(12-17)24(26)30/h2-3,10-12,14,16,27-29H,4-9,13H2,1H3,(H2,26,30). The molecule has 6 nitrogen and oxygen atoms in total. The second kappa shape index (κ2) is 9.60. The third-order valence-electron chi connectivity index (χ3n) is 6.02. The van der Waals surface area contributed by atoms with E-state index in [1.165, 1.54) is 11.6 Å². The predicted octanol–water partition coefficient (Wildman–Crippen LogP) is 3.28. The number of hydrogen-bond acceptors (Lipinski definition) is 4. The van der Waals surface area contributed by atoms with Gasteiger partial charge in [0.25, 0.3) is 5.91 Å². The molecule has 164 valence electrons. The number of nitrogens with one attached hydrogen (secondary N) is 3. The van der Waals surface area contributed by atoms with Crippen LogP contribution in [0.2, 0.25) is 0 Å². The summed E-state index contributed by atoms with van der Waals surface area (Å²) in [7, 11) is 1.66. The van der Waals surface area contributed by atoms with Crippen LogP contribution in [0.1, 0.15) is 40.2 Å². The minimum atomic E-state index is -0.525. The van der Waals surface area contributed by atoms with Gasteiger partial charge in [-0.05, 0) is 72.8 Å². The smallest absolute Gasteiger partial charge is 0.250 e. The van der Waals surface area contributed by atoms with E-state index in [9.17, 15) is 9.18 Å². The first-order valence-electron chi connectivity index (χ1n) is 10.7. The maximum Gasteiger partial charge on any atom is 0.250 e. The average Bonchev–Trinajstić information content (AvgIpc) is 3.21. The zero-order valence-electron chi connectivity index (χ0n) is 17.8. The highest BCUT2D eigenvalue weighted by atomic mass is 19.1. The van der Waals surface area contributed by atoms with E-state index >= 15 is 0 Å². The molecule has 1 amide bonds. The van der Waals surface area contributed by atoms with Gasteiger partial charge in [-0.3, -0.25) is 4.79 Å². The summed E-state index contributed by atoms with van der Waals surface area (Å²) >= 11 is 0. The molecule has 31 heavy (non-hydrogen) atoms. The summed E-state index contributed by atoms with van der Waals surface area (Å²) in [6, 6.07) is 8.74. The molecule has 2 heterocycles. The number of aromatic amines is 1. The summed E-state index contributed by atoms with van der Waals surface area (Å²) in [6.45, 7) is 3.86. The lowest BCUT2D eigenvalue weighted by atomic mass is 9.88. The number of benzene rings is 2. The lowest BCUT2D eigenvalue weighted by molar-refractivity contribution is 0.100. The van der Waals surface area contributed by atoms with Crippen LogP contribution < -0.4 is 16.4 Å². The highest BCUT2D eigenvalue weighted by molar-refractivity contribution is 6.07. The number of ether oxygens (including phenoxy) is 1. The third-order valence-corrected chi connectivity index (χ3v) is 6.02. The molecule has 0 unspecified atom stereocenters. The Morgan fingerprint density at radius 1 is 1.26 bits per heavy atom. The molecule has 2 aromatic carbocycles. The summed E-state index contributed by atoms with van der Waals surface area (Å²) in [5.41, 5.74) is 10.1. The highest BCUT2D eigenvalue weighted by Crippen LogP contribution is 2.36. The number of H-pyrrole nitrogens is 1. The number of halogens is 1. The lowest BCUT2D eigenvalue weighted by Crippen LogP contribution is -2.26. The lowest BCUT2D eigenvalue weighted by Gasteiger charge is -2.22. The van der Waals surface area contributed by atoms with Gasteiger partial charge in [-0.25, -0.2) is 4.39 Å². The fourth-order valence-electron chi connectivity index (χ4n) is 4.38. The molecule has 0 spiro atoms. The van der Waals surface area contributed by atoms with E-state index in [-0.39, 0.29) is 5.82 Å². The van der Waals surface area contributed by atoms with E-state index in [4.69, 9.17) is 10.5 Å². The molecule has 1 aliphatic rings. The number of nitrogens with two attached hydrogens (primary N) is 1. The van der Waals surface area contributed by atoms with Crippen molar-refractivity contribution in [3.05, 3.63) is 59.0 Å². The Morgan fingerprint density at radius 2 is 2.06 bits per heavy atom. The van der Waals surface area contributed by atoms with E-state index in [2.05, 4.69) is 15.6 Å². The van der Waals surface area contributed by atoms with Crippen LogP contribution in [0.4, 0.5) is 4.39 Å². The normalized spacial score (nSPS) is 14.9. The van der Waals surface area contributed by atoms with Crippen LogP contribution >= 0.6 is 0 Å². The molecule has 1 aliphatic heterocycles. The van der Waals surface area contributed by atoms with Crippen molar-refractivity contribution in [3.63, 3.8) is 0 Å². The van der Waals surface area contributed by atoms with Gasteiger partial charge in [0.2, 0.25) is 0 Å². The summed E-state index contributed by atoms with van der Waals surface area (Å²) < 4.78 is 19.9. The molecule has 7 heteroatoms. The molecule has 0 radical (unpaired) electrons. The molecular formula is C24H29FN4O2. The van der Waals surface area contributed by atoms with Crippen molar-refractivity contribution in [2.24, 2.45) is 5.73 Å². The molecule has 3 aromatic rings. The number of methoxy groups -OCH3 is 1. The van der Waals surface area contributed by atoms with E-state index in [0.717, 1.165) is 42.4 Å². The van der Waals surface area contributed by atoms with E-state index in [0.29, 0.717) is 42.3 Å². The number of primary amides is 1. The Labute approximate surface area is 181 Å². The Balaban J connectivity index is 1.75. The van der Waals surface area contributed by atoms with Gasteiger partial charge < -0.3 is 26.1 Å². The molecule has 1 fully saturated rings. The minimum Gasteiger partial charge on any atom is -0.383 e. The van der Waals surface area contributed by atoms with Crippen molar-refractivity contribution in [1.82, 2.24) is 15.6 Å². The van der Waals surface area contributed by atoms with Crippen LogP contribution in [0.15, 0.2) is 36.5 Å². The van der Waals surface area contributed by atoms with Gasteiger partial charge in [-0.1, -0.05) is 6.07 Å². The molecule has 0 saturated carbocycles. The summed E-state index contributed by atoms with van der Waals surface area (Å²) in [4.78, 5) is 15.5. The summed E-state index contributed by atoms with van der Waals surface area (Å²) in [5, 5.41) is 7.60. The van der Waals surface area contributed by atoms with E-state index < -0.39 is 5.91 Å². The van der Waals surface area contributed by atoms with Gasteiger partial charge in [0, 0.05) is 37.3 Å². The molecule has 0 atom stereocenters. The summed E-state index contributed by atoms with van der Waals surface area (Å²) in [5.74, 6) is -0.454. The second-order valence-electron chi connectivity index (χ2n) is 8.06. The topological polar surface area (TPSA) is 92.2 Å². The average molecular weight is 425 g/mol. The first-order valence-corrected chi connectivity index (χ1v) is 10.7. The van der Waals surface area contributed by atoms with Gasteiger partial charge in [-0.15, -0.1) is 0 Å². The SMILES string of the molecule is COCCNCc1ccc(F)c(-c2cc(C(N)=O)c3[nH]cc(C4CCNCC4)c3c2)c1. The van der Waals surface area contributed by atoms with Crippen molar-refractivity contribution in [2.75, 3.05) is 33.4 Å². The minimum absolute atomic E-state index is 0.325. The predicted molar refractivity (Wildman–Crippen MR) is 121 cm³/mol. The largest absolute Gasteiger partial charge is 0.383 e. The van der Waals surface area contributed by atoms with Crippen molar-refractivity contribution in [3.8, 4) is 11.1 Å². The van der Waals surface area contributed by atoms with Crippen LogP contribution in [0.3, 0.4) is 0 Å². The molecular weight excluding hydrogens is 395 g/mol. The quantitative estimate of drug-likeness (QED) is 0.418. The van der Waals surface area contributed by atoms with Gasteiger partial charge in [0.15, 0.2) is 0 Å². The number of carbonyl (C=O) groups is 1. The van der Waals surface area contributed by atoms with Crippen LogP contribution in [0, 0.1) is 5.82 Å². The number of aromatic nitrogens is 1. The Morgan fingerprint density at radius 3 is 2.81 bits per heavy atom. The number of amides is 1. The van der Waals surface area contributed by atoms with Crippen LogP contribution in [-0.2, 0) is 11.3 Å². The fraction of sp³-hybridized carbons (Fsp3) is 0.375. The van der Waals surface area contributed by atoms with Gasteiger partial charge in [0.1, 0.15) is 5.82 Å². The Bertz CT molecular complexity index is 1070. The zero-order chi connectivity index (χ0) is 21.8. The van der Waals surface area contributed by atoms with Crippen molar-refractivity contribution < 1.29 is 13.9 Å². The third kappa shape index (κ3) is 4.63. The van der Waals surface area contributed by atoms with Crippen molar-refractivity contribution in [2.45, 2.75) is 25.3 Å². The van der Waals surface area contributed by atoms with Gasteiger partial charge >= 0.3 is 0 Å². The van der Waals surface area contributed by atoms with Crippen molar-refractivity contribution in [1.29, 1.82) is 0 Å². The number of fused-ring (bicyclic) bond motifs is 1. The molecule has 0 bridgehead atoms. The first kappa shape index (κ1) is 21.5. The van der Waals surface area contributed by atoms with Gasteiger partial charge in [0.05, 0.1) is 17.7 Å². The zero-order valence-corrected chi connectivity index (χ0v) is 17.8. The molecule has 0 aliphatic carbocycles. The molecule has 1 saturated heterocycles.